The summed E-state index contributed by atoms with van der Waals surface area (Å²) in [5.74, 6) is -0.0313. The Hall–Kier alpha value is -2.44. The number of carbonyl (C=O) groups excluding carboxylic acids is 2. The van der Waals surface area contributed by atoms with Gasteiger partial charge < -0.3 is 19.1 Å². The van der Waals surface area contributed by atoms with E-state index in [1.807, 2.05) is 6.92 Å². The van der Waals surface area contributed by atoms with Crippen LogP contribution in [0.4, 0.5) is 0 Å². The highest BCUT2D eigenvalue weighted by Crippen LogP contribution is 2.28. The lowest BCUT2D eigenvalue weighted by molar-refractivity contribution is -0.133. The van der Waals surface area contributed by atoms with Gasteiger partial charge in [-0.3, -0.25) is 4.79 Å². The van der Waals surface area contributed by atoms with Gasteiger partial charge in [-0.15, -0.1) is 0 Å². The van der Waals surface area contributed by atoms with Crippen molar-refractivity contribution in [3.8, 4) is 11.5 Å². The molecule has 0 aliphatic rings. The van der Waals surface area contributed by atoms with Crippen molar-refractivity contribution in [2.45, 2.75) is 13.5 Å². The van der Waals surface area contributed by atoms with Crippen LogP contribution < -0.4 is 9.47 Å². The van der Waals surface area contributed by atoms with E-state index >= 15 is 0 Å². The van der Waals surface area contributed by atoms with Crippen LogP contribution in [0.1, 0.15) is 22.8 Å². The zero-order valence-electron chi connectivity index (χ0n) is 15.8. The zero-order chi connectivity index (χ0) is 20.7. The van der Waals surface area contributed by atoms with Gasteiger partial charge in [0.1, 0.15) is 0 Å². The van der Waals surface area contributed by atoms with E-state index in [1.165, 1.54) is 18.1 Å². The molecule has 150 valence electrons. The molecule has 0 bridgehead atoms. The third-order valence-electron chi connectivity index (χ3n) is 3.86. The van der Waals surface area contributed by atoms with Gasteiger partial charge in [0, 0.05) is 13.6 Å². The maximum absolute atomic E-state index is 12.2. The van der Waals surface area contributed by atoms with E-state index in [0.717, 1.165) is 5.56 Å². The molecule has 0 aliphatic heterocycles. The smallest absolute Gasteiger partial charge is 0.338 e. The summed E-state index contributed by atoms with van der Waals surface area (Å²) in [6.45, 7) is 2.18. The first-order valence-corrected chi connectivity index (χ1v) is 9.27. The van der Waals surface area contributed by atoms with Crippen molar-refractivity contribution < 1.29 is 23.8 Å². The quantitative estimate of drug-likeness (QED) is 0.592. The lowest BCUT2D eigenvalue weighted by Crippen LogP contribution is -2.30. The molecular formula is C20H21Cl2NO5. The molecule has 2 aromatic carbocycles. The molecule has 8 heteroatoms. The van der Waals surface area contributed by atoms with Gasteiger partial charge in [0.2, 0.25) is 0 Å². The Kier molecular flexibility index (Phi) is 7.96. The number of ether oxygens (including phenoxy) is 3. The SMILES string of the molecule is CCOc1cc(C(=O)OCC(=O)N(C)Cc2ccc(Cl)c(Cl)c2)ccc1OC. The van der Waals surface area contributed by atoms with Crippen molar-refractivity contribution in [1.82, 2.24) is 4.90 Å². The lowest BCUT2D eigenvalue weighted by atomic mass is 10.2. The number of benzene rings is 2. The summed E-state index contributed by atoms with van der Waals surface area (Å²) in [6.07, 6.45) is 0. The third kappa shape index (κ3) is 5.78. The minimum Gasteiger partial charge on any atom is -0.493 e. The summed E-state index contributed by atoms with van der Waals surface area (Å²) in [7, 11) is 3.12. The highest BCUT2D eigenvalue weighted by Gasteiger charge is 2.16. The van der Waals surface area contributed by atoms with Crippen LogP contribution in [-0.2, 0) is 16.1 Å². The fraction of sp³-hybridized carbons (Fsp3) is 0.300. The normalized spacial score (nSPS) is 10.3. The first-order valence-electron chi connectivity index (χ1n) is 8.51. The molecule has 2 rings (SSSR count). The second-order valence-corrected chi connectivity index (χ2v) is 6.69. The third-order valence-corrected chi connectivity index (χ3v) is 4.59. The van der Waals surface area contributed by atoms with Crippen LogP contribution in [0.25, 0.3) is 0 Å². The Morgan fingerprint density at radius 1 is 1.04 bits per heavy atom. The highest BCUT2D eigenvalue weighted by atomic mass is 35.5. The predicted molar refractivity (Wildman–Crippen MR) is 107 cm³/mol. The summed E-state index contributed by atoms with van der Waals surface area (Å²) < 4.78 is 15.7. The van der Waals surface area contributed by atoms with Crippen LogP contribution in [0.15, 0.2) is 36.4 Å². The molecule has 1 amide bonds. The number of methoxy groups -OCH3 is 1. The molecule has 0 saturated heterocycles. The Balaban J connectivity index is 1.94. The van der Waals surface area contributed by atoms with Gasteiger partial charge in [0.25, 0.3) is 5.91 Å². The number of carbonyl (C=O) groups is 2. The molecule has 6 nitrogen and oxygen atoms in total. The fourth-order valence-corrected chi connectivity index (χ4v) is 2.71. The Labute approximate surface area is 173 Å². The van der Waals surface area contributed by atoms with Crippen LogP contribution in [0, 0.1) is 0 Å². The van der Waals surface area contributed by atoms with Gasteiger partial charge in [-0.2, -0.15) is 0 Å². The summed E-state index contributed by atoms with van der Waals surface area (Å²) in [4.78, 5) is 25.9. The maximum atomic E-state index is 12.2. The Morgan fingerprint density at radius 3 is 2.43 bits per heavy atom. The molecule has 0 atom stereocenters. The number of nitrogens with zero attached hydrogens (tertiary/aromatic N) is 1. The van der Waals surface area contributed by atoms with E-state index in [9.17, 15) is 9.59 Å². The van der Waals surface area contributed by atoms with Gasteiger partial charge in [-0.1, -0.05) is 29.3 Å². The molecule has 0 heterocycles. The maximum Gasteiger partial charge on any atom is 0.338 e. The molecule has 0 N–H and O–H groups in total. The van der Waals surface area contributed by atoms with Gasteiger partial charge >= 0.3 is 5.97 Å². The van der Waals surface area contributed by atoms with Crippen LogP contribution in [0.3, 0.4) is 0 Å². The van der Waals surface area contributed by atoms with Gasteiger partial charge in [0.15, 0.2) is 18.1 Å². The molecule has 0 fully saturated rings. The standard InChI is InChI=1S/C20H21Cl2NO5/c1-4-27-18-10-14(6-8-17(18)26-3)20(25)28-12-19(24)23(2)11-13-5-7-15(21)16(22)9-13/h5-10H,4,11-12H2,1-3H3. The van der Waals surface area contributed by atoms with Gasteiger partial charge in [-0.05, 0) is 42.8 Å². The highest BCUT2D eigenvalue weighted by molar-refractivity contribution is 6.42. The van der Waals surface area contributed by atoms with E-state index in [2.05, 4.69) is 0 Å². The topological polar surface area (TPSA) is 65.1 Å². The average Bonchev–Trinajstić information content (AvgIpc) is 2.68. The monoisotopic (exact) mass is 425 g/mol. The van der Waals surface area contributed by atoms with Crippen LogP contribution in [-0.4, -0.2) is 44.1 Å². The van der Waals surface area contributed by atoms with E-state index in [1.54, 1.807) is 37.4 Å². The first-order chi connectivity index (χ1) is 13.3. The Morgan fingerprint density at radius 2 is 1.79 bits per heavy atom. The number of amides is 1. The number of likely N-dealkylation sites (N-methyl/N-ethyl adjacent to an activating group) is 1. The second-order valence-electron chi connectivity index (χ2n) is 5.87. The number of rotatable bonds is 8. The van der Waals surface area contributed by atoms with Crippen molar-refractivity contribution >= 4 is 35.1 Å². The van der Waals surface area contributed by atoms with Crippen molar-refractivity contribution in [3.63, 3.8) is 0 Å². The van der Waals surface area contributed by atoms with Crippen LogP contribution in [0.5, 0.6) is 11.5 Å². The summed E-state index contributed by atoms with van der Waals surface area (Å²) in [6, 6.07) is 9.81. The predicted octanol–water partition coefficient (Wildman–Crippen LogP) is 4.22. The molecule has 0 aromatic heterocycles. The largest absolute Gasteiger partial charge is 0.493 e. The molecule has 0 saturated carbocycles. The molecule has 28 heavy (non-hydrogen) atoms. The second kappa shape index (κ2) is 10.2. The van der Waals surface area contributed by atoms with Crippen LogP contribution >= 0.6 is 23.2 Å². The summed E-state index contributed by atoms with van der Waals surface area (Å²) in [5, 5.41) is 0.857. The molecule has 0 spiro atoms. The van der Waals surface area contributed by atoms with E-state index in [4.69, 9.17) is 37.4 Å². The molecule has 0 unspecified atom stereocenters. The molecule has 0 aliphatic carbocycles. The number of esters is 1. The van der Waals surface area contributed by atoms with Crippen LogP contribution in [0.2, 0.25) is 10.0 Å². The van der Waals surface area contributed by atoms with E-state index in [-0.39, 0.29) is 18.1 Å². The van der Waals surface area contributed by atoms with Crippen molar-refractivity contribution in [2.24, 2.45) is 0 Å². The molecular weight excluding hydrogens is 405 g/mol. The Bertz CT molecular complexity index is 856. The lowest BCUT2D eigenvalue weighted by Gasteiger charge is -2.17. The van der Waals surface area contributed by atoms with Gasteiger partial charge in [0.05, 0.1) is 29.3 Å². The van der Waals surface area contributed by atoms with Crippen molar-refractivity contribution in [2.75, 3.05) is 27.4 Å². The number of hydrogen-bond acceptors (Lipinski definition) is 5. The summed E-state index contributed by atoms with van der Waals surface area (Å²) in [5.41, 5.74) is 1.08. The zero-order valence-corrected chi connectivity index (χ0v) is 17.3. The minimum atomic E-state index is -0.625. The first kappa shape index (κ1) is 21.9. The molecule has 2 aromatic rings. The van der Waals surface area contributed by atoms with Crippen molar-refractivity contribution in [1.29, 1.82) is 0 Å². The summed E-state index contributed by atoms with van der Waals surface area (Å²) >= 11 is 11.9. The average molecular weight is 426 g/mol. The fourth-order valence-electron chi connectivity index (χ4n) is 2.39. The van der Waals surface area contributed by atoms with E-state index in [0.29, 0.717) is 34.7 Å². The molecule has 0 radical (unpaired) electrons. The minimum absolute atomic E-state index is 0.268. The van der Waals surface area contributed by atoms with Crippen molar-refractivity contribution in [3.05, 3.63) is 57.6 Å². The number of halogens is 2. The van der Waals surface area contributed by atoms with Gasteiger partial charge in [-0.25, -0.2) is 4.79 Å². The number of hydrogen-bond donors (Lipinski definition) is 0. The van der Waals surface area contributed by atoms with E-state index < -0.39 is 5.97 Å².